The van der Waals surface area contributed by atoms with Gasteiger partial charge in [-0.25, -0.2) is 4.79 Å². The second-order valence-electron chi connectivity index (χ2n) is 10.7. The van der Waals surface area contributed by atoms with Crippen molar-refractivity contribution in [3.05, 3.63) is 114 Å². The summed E-state index contributed by atoms with van der Waals surface area (Å²) in [7, 11) is 0. The first-order valence-corrected chi connectivity index (χ1v) is 13.6. The van der Waals surface area contributed by atoms with Crippen molar-refractivity contribution in [2.24, 2.45) is 5.16 Å². The molecule has 7 heteroatoms. The Kier molecular flexibility index (Phi) is 9.74. The van der Waals surface area contributed by atoms with Crippen LogP contribution < -0.4 is 9.47 Å². The van der Waals surface area contributed by atoms with Crippen LogP contribution in [0.2, 0.25) is 0 Å². The van der Waals surface area contributed by atoms with Crippen LogP contribution in [0.15, 0.2) is 102 Å². The minimum absolute atomic E-state index is 0.0149. The number of hydrogen-bond donors (Lipinski definition) is 1. The van der Waals surface area contributed by atoms with E-state index >= 15 is 0 Å². The maximum atomic E-state index is 11.8. The van der Waals surface area contributed by atoms with Gasteiger partial charge in [0.15, 0.2) is 12.7 Å². The molecule has 0 amide bonds. The maximum Gasteiger partial charge on any atom is 0.345 e. The lowest BCUT2D eigenvalue weighted by molar-refractivity contribution is -0.145. The summed E-state index contributed by atoms with van der Waals surface area (Å²) in [4.78, 5) is 21.6. The van der Waals surface area contributed by atoms with Gasteiger partial charge in [-0.15, -0.1) is 0 Å². The molecule has 0 unspecified atom stereocenters. The minimum atomic E-state index is -1.01. The van der Waals surface area contributed by atoms with Gasteiger partial charge in [-0.2, -0.15) is 0 Å². The van der Waals surface area contributed by atoms with Gasteiger partial charge in [0.05, 0.1) is 11.4 Å². The second kappa shape index (κ2) is 13.6. The van der Waals surface area contributed by atoms with E-state index in [1.165, 1.54) is 0 Å². The lowest BCUT2D eigenvalue weighted by Gasteiger charge is -2.20. The van der Waals surface area contributed by atoms with Crippen molar-refractivity contribution in [2.45, 2.75) is 45.6 Å². The Labute approximate surface area is 241 Å². The van der Waals surface area contributed by atoms with Gasteiger partial charge in [0.25, 0.3) is 0 Å². The van der Waals surface area contributed by atoms with E-state index in [4.69, 9.17) is 14.3 Å². The molecule has 3 aromatic carbocycles. The van der Waals surface area contributed by atoms with E-state index in [2.05, 4.69) is 30.9 Å². The van der Waals surface area contributed by atoms with Crippen LogP contribution in [0.5, 0.6) is 11.5 Å². The average Bonchev–Trinajstić information content (AvgIpc) is 2.97. The van der Waals surface area contributed by atoms with Crippen LogP contribution in [0.4, 0.5) is 0 Å². The van der Waals surface area contributed by atoms with E-state index < -0.39 is 12.1 Å². The van der Waals surface area contributed by atoms with Crippen LogP contribution in [0.3, 0.4) is 0 Å². The quantitative estimate of drug-likeness (QED) is 0.116. The highest BCUT2D eigenvalue weighted by Gasteiger charge is 2.21. The summed E-state index contributed by atoms with van der Waals surface area (Å²) in [5.74, 6) is 0.181. The highest BCUT2D eigenvalue weighted by Crippen LogP contribution is 2.25. The second-order valence-corrected chi connectivity index (χ2v) is 10.7. The lowest BCUT2D eigenvalue weighted by atomic mass is 9.87. The number of nitrogens with zero attached hydrogens (tertiary/aromatic N) is 2. The molecular weight excluding hydrogens is 516 g/mol. The fraction of sp³-hybridized carbons (Fsp3) is 0.265. The van der Waals surface area contributed by atoms with Gasteiger partial charge in [0.2, 0.25) is 0 Å². The minimum Gasteiger partial charge on any atom is -0.490 e. The Morgan fingerprint density at radius 3 is 2.17 bits per heavy atom. The molecule has 0 aliphatic heterocycles. The Balaban J connectivity index is 1.22. The molecule has 0 fully saturated rings. The summed E-state index contributed by atoms with van der Waals surface area (Å²) in [6.07, 6.45) is 1.01. The van der Waals surface area contributed by atoms with E-state index in [1.807, 2.05) is 97.9 Å². The van der Waals surface area contributed by atoms with Gasteiger partial charge in [-0.3, -0.25) is 4.98 Å². The molecule has 0 aliphatic rings. The summed E-state index contributed by atoms with van der Waals surface area (Å²) >= 11 is 0. The fourth-order valence-corrected chi connectivity index (χ4v) is 4.12. The molecule has 0 aliphatic carbocycles. The number of carbonyl (C=O) groups is 1. The molecule has 4 rings (SSSR count). The predicted molar refractivity (Wildman–Crippen MR) is 161 cm³/mol. The molecule has 0 bridgehead atoms. The smallest absolute Gasteiger partial charge is 0.345 e. The third-order valence-corrected chi connectivity index (χ3v) is 6.53. The summed E-state index contributed by atoms with van der Waals surface area (Å²) < 4.78 is 11.5. The first-order valence-electron chi connectivity index (χ1n) is 13.6. The number of benzene rings is 3. The predicted octanol–water partition coefficient (Wildman–Crippen LogP) is 6.94. The summed E-state index contributed by atoms with van der Waals surface area (Å²) in [5.41, 5.74) is 5.70. The van der Waals surface area contributed by atoms with E-state index in [0.717, 1.165) is 33.7 Å². The third kappa shape index (κ3) is 8.67. The van der Waals surface area contributed by atoms with Crippen molar-refractivity contribution in [1.29, 1.82) is 0 Å². The SMILES string of the molecule is CC(=NOCCOc1ccc(C[C@H](Oc2ccc(C(C)(C)C)cc2)C(=O)O)cc1)c1ccc(-c2ccccn2)cc1. The normalized spacial score (nSPS) is 12.4. The molecule has 1 heterocycles. The van der Waals surface area contributed by atoms with Crippen molar-refractivity contribution < 1.29 is 24.2 Å². The van der Waals surface area contributed by atoms with Gasteiger partial charge < -0.3 is 19.4 Å². The number of ether oxygens (including phenoxy) is 2. The Morgan fingerprint density at radius 1 is 0.878 bits per heavy atom. The van der Waals surface area contributed by atoms with E-state index in [1.54, 1.807) is 6.20 Å². The van der Waals surface area contributed by atoms with Crippen molar-refractivity contribution >= 4 is 11.7 Å². The molecule has 0 saturated carbocycles. The van der Waals surface area contributed by atoms with Crippen LogP contribution in [-0.4, -0.2) is 41.1 Å². The Bertz CT molecular complexity index is 1430. The van der Waals surface area contributed by atoms with Crippen molar-refractivity contribution in [2.75, 3.05) is 13.2 Å². The maximum absolute atomic E-state index is 11.8. The molecule has 0 saturated heterocycles. The molecule has 1 aromatic heterocycles. The highest BCUT2D eigenvalue weighted by molar-refractivity contribution is 5.98. The lowest BCUT2D eigenvalue weighted by Crippen LogP contribution is -2.29. The van der Waals surface area contributed by atoms with E-state index in [9.17, 15) is 9.90 Å². The summed E-state index contributed by atoms with van der Waals surface area (Å²) in [6, 6.07) is 28.7. The first-order chi connectivity index (χ1) is 19.7. The topological polar surface area (TPSA) is 90.2 Å². The fourth-order valence-electron chi connectivity index (χ4n) is 4.12. The Morgan fingerprint density at radius 2 is 1.56 bits per heavy atom. The average molecular weight is 553 g/mol. The number of aromatic nitrogens is 1. The highest BCUT2D eigenvalue weighted by atomic mass is 16.6. The van der Waals surface area contributed by atoms with Crippen LogP contribution in [0.1, 0.15) is 44.4 Å². The van der Waals surface area contributed by atoms with Crippen LogP contribution in [0.25, 0.3) is 11.3 Å². The molecule has 0 spiro atoms. The van der Waals surface area contributed by atoms with Crippen LogP contribution >= 0.6 is 0 Å². The number of carboxylic acid groups (broad SMARTS) is 1. The largest absolute Gasteiger partial charge is 0.490 e. The molecule has 7 nitrogen and oxygen atoms in total. The van der Waals surface area contributed by atoms with Gasteiger partial charge in [0, 0.05) is 18.2 Å². The van der Waals surface area contributed by atoms with Crippen LogP contribution in [0, 0.1) is 0 Å². The molecule has 1 atom stereocenters. The number of rotatable bonds is 12. The van der Waals surface area contributed by atoms with Gasteiger partial charge in [-0.05, 0) is 65.4 Å². The Hall–Kier alpha value is -4.65. The molecular formula is C34H36N2O5. The van der Waals surface area contributed by atoms with Crippen LogP contribution in [-0.2, 0) is 21.5 Å². The van der Waals surface area contributed by atoms with E-state index in [0.29, 0.717) is 18.1 Å². The van der Waals surface area contributed by atoms with Gasteiger partial charge in [0.1, 0.15) is 18.1 Å². The molecule has 0 radical (unpaired) electrons. The zero-order valence-electron chi connectivity index (χ0n) is 23.9. The number of pyridine rings is 1. The number of oxime groups is 1. The zero-order valence-corrected chi connectivity index (χ0v) is 23.9. The molecule has 4 aromatic rings. The zero-order chi connectivity index (χ0) is 29.2. The standard InChI is InChI=1S/C34H36N2O5/c1-24(26-10-12-27(13-11-26)31-7-5-6-20-35-31)36-40-22-21-39-29-16-8-25(9-17-29)23-32(33(37)38)41-30-18-14-28(15-19-30)34(2,3)4/h5-20,32H,21-23H2,1-4H3,(H,37,38)/t32-/m0/s1. The van der Waals surface area contributed by atoms with Crippen molar-refractivity contribution in [3.63, 3.8) is 0 Å². The first kappa shape index (κ1) is 29.3. The molecule has 1 N–H and O–H groups in total. The molecule has 41 heavy (non-hydrogen) atoms. The number of hydrogen-bond acceptors (Lipinski definition) is 6. The molecule has 212 valence electrons. The summed E-state index contributed by atoms with van der Waals surface area (Å²) in [6.45, 7) is 8.89. The monoisotopic (exact) mass is 552 g/mol. The van der Waals surface area contributed by atoms with Crippen molar-refractivity contribution in [3.8, 4) is 22.8 Å². The summed E-state index contributed by atoms with van der Waals surface area (Å²) in [5, 5.41) is 13.9. The number of carboxylic acids is 1. The van der Waals surface area contributed by atoms with Gasteiger partial charge >= 0.3 is 5.97 Å². The van der Waals surface area contributed by atoms with Gasteiger partial charge in [-0.1, -0.05) is 80.5 Å². The van der Waals surface area contributed by atoms with E-state index in [-0.39, 0.29) is 18.4 Å². The third-order valence-electron chi connectivity index (χ3n) is 6.53. The van der Waals surface area contributed by atoms with Crippen molar-refractivity contribution in [1.82, 2.24) is 4.98 Å². The number of aliphatic carboxylic acids is 1.